The van der Waals surface area contributed by atoms with Gasteiger partial charge in [0.05, 0.1) is 5.92 Å². The van der Waals surface area contributed by atoms with Crippen LogP contribution >= 0.6 is 0 Å². The summed E-state index contributed by atoms with van der Waals surface area (Å²) in [6.45, 7) is 2.66. The van der Waals surface area contributed by atoms with E-state index in [4.69, 9.17) is 0 Å². The normalized spacial score (nSPS) is 22.8. The Labute approximate surface area is 144 Å². The van der Waals surface area contributed by atoms with Crippen molar-refractivity contribution in [1.82, 2.24) is 10.2 Å². The molecule has 2 aliphatic rings. The maximum Gasteiger partial charge on any atom is 0.225 e. The first kappa shape index (κ1) is 17.0. The predicted molar refractivity (Wildman–Crippen MR) is 94.4 cm³/mol. The Morgan fingerprint density at radius 2 is 1.96 bits per heavy atom. The molecule has 1 heterocycles. The van der Waals surface area contributed by atoms with Crippen LogP contribution in [0.1, 0.15) is 51.0 Å². The van der Waals surface area contributed by atoms with Crippen LogP contribution in [0.25, 0.3) is 0 Å². The van der Waals surface area contributed by atoms with Gasteiger partial charge in [0, 0.05) is 25.0 Å². The summed E-state index contributed by atoms with van der Waals surface area (Å²) >= 11 is 0. The molecule has 2 amide bonds. The molecule has 2 fully saturated rings. The van der Waals surface area contributed by atoms with E-state index in [-0.39, 0.29) is 23.8 Å². The van der Waals surface area contributed by atoms with Crippen LogP contribution in [0.2, 0.25) is 0 Å². The molecule has 2 unspecified atom stereocenters. The number of aryl methyl sites for hydroxylation is 1. The van der Waals surface area contributed by atoms with E-state index in [1.165, 1.54) is 18.4 Å². The summed E-state index contributed by atoms with van der Waals surface area (Å²) in [7, 11) is 0. The number of carbonyl (C=O) groups is 2. The van der Waals surface area contributed by atoms with Gasteiger partial charge in [-0.3, -0.25) is 9.59 Å². The maximum atomic E-state index is 12.5. The van der Waals surface area contributed by atoms with Crippen molar-refractivity contribution in [2.24, 2.45) is 5.92 Å². The first-order valence-electron chi connectivity index (χ1n) is 9.27. The van der Waals surface area contributed by atoms with Gasteiger partial charge in [0.1, 0.15) is 0 Å². The summed E-state index contributed by atoms with van der Waals surface area (Å²) < 4.78 is 0. The smallest absolute Gasteiger partial charge is 0.225 e. The van der Waals surface area contributed by atoms with E-state index in [2.05, 4.69) is 17.4 Å². The standard InChI is InChI=1S/C20H28N2O2/c1-15(11-12-16-7-3-2-4-8-16)21-20(24)17-13-19(23)22(14-17)18-9-5-6-10-18/h2-4,7-8,15,17-18H,5-6,9-14H2,1H3,(H,21,24). The molecular formula is C20H28N2O2. The molecular weight excluding hydrogens is 300 g/mol. The van der Waals surface area contributed by atoms with E-state index in [0.29, 0.717) is 19.0 Å². The third-order valence-electron chi connectivity index (χ3n) is 5.39. The minimum atomic E-state index is -0.169. The highest BCUT2D eigenvalue weighted by Crippen LogP contribution is 2.29. The molecule has 1 aromatic rings. The summed E-state index contributed by atoms with van der Waals surface area (Å²) in [6, 6.07) is 10.8. The average Bonchev–Trinajstić information content (AvgIpc) is 3.23. The van der Waals surface area contributed by atoms with Gasteiger partial charge in [0.15, 0.2) is 0 Å². The molecule has 0 aromatic heterocycles. The van der Waals surface area contributed by atoms with Gasteiger partial charge >= 0.3 is 0 Å². The Kier molecular flexibility index (Phi) is 5.54. The molecule has 24 heavy (non-hydrogen) atoms. The summed E-state index contributed by atoms with van der Waals surface area (Å²) in [5, 5.41) is 3.11. The Hall–Kier alpha value is -1.84. The fourth-order valence-electron chi connectivity index (χ4n) is 3.94. The lowest BCUT2D eigenvalue weighted by Gasteiger charge is -2.24. The molecule has 0 radical (unpaired) electrons. The minimum Gasteiger partial charge on any atom is -0.353 e. The summed E-state index contributed by atoms with van der Waals surface area (Å²) in [6.07, 6.45) is 6.89. The number of nitrogens with zero attached hydrogens (tertiary/aromatic N) is 1. The van der Waals surface area contributed by atoms with Gasteiger partial charge in [-0.2, -0.15) is 0 Å². The van der Waals surface area contributed by atoms with E-state index >= 15 is 0 Å². The van der Waals surface area contributed by atoms with Crippen molar-refractivity contribution in [1.29, 1.82) is 0 Å². The van der Waals surface area contributed by atoms with Crippen LogP contribution in [0.5, 0.6) is 0 Å². The molecule has 1 aliphatic carbocycles. The molecule has 1 saturated heterocycles. The van der Waals surface area contributed by atoms with E-state index < -0.39 is 0 Å². The average molecular weight is 328 g/mol. The quantitative estimate of drug-likeness (QED) is 0.873. The lowest BCUT2D eigenvalue weighted by molar-refractivity contribution is -0.130. The summed E-state index contributed by atoms with van der Waals surface area (Å²) in [5.74, 6) is 0.0423. The van der Waals surface area contributed by atoms with E-state index in [1.807, 2.05) is 30.0 Å². The fraction of sp³-hybridized carbons (Fsp3) is 0.600. The number of rotatable bonds is 6. The van der Waals surface area contributed by atoms with Gasteiger partial charge in [-0.1, -0.05) is 43.2 Å². The SMILES string of the molecule is CC(CCc1ccccc1)NC(=O)C1CC(=O)N(C2CCCC2)C1. The zero-order valence-corrected chi connectivity index (χ0v) is 14.5. The van der Waals surface area contributed by atoms with Gasteiger partial charge in [0.25, 0.3) is 0 Å². The highest BCUT2D eigenvalue weighted by atomic mass is 16.2. The molecule has 1 aromatic carbocycles. The van der Waals surface area contributed by atoms with Crippen LogP contribution in [-0.2, 0) is 16.0 Å². The topological polar surface area (TPSA) is 49.4 Å². The fourth-order valence-corrected chi connectivity index (χ4v) is 3.94. The monoisotopic (exact) mass is 328 g/mol. The van der Waals surface area contributed by atoms with E-state index in [1.54, 1.807) is 0 Å². The second-order valence-corrected chi connectivity index (χ2v) is 7.32. The van der Waals surface area contributed by atoms with Crippen molar-refractivity contribution in [3.8, 4) is 0 Å². The Balaban J connectivity index is 1.45. The third kappa shape index (κ3) is 4.16. The zero-order valence-electron chi connectivity index (χ0n) is 14.5. The maximum absolute atomic E-state index is 12.5. The van der Waals surface area contributed by atoms with Crippen LogP contribution < -0.4 is 5.32 Å². The number of likely N-dealkylation sites (tertiary alicyclic amines) is 1. The highest BCUT2D eigenvalue weighted by molar-refractivity contribution is 5.89. The first-order chi connectivity index (χ1) is 11.6. The molecule has 4 nitrogen and oxygen atoms in total. The van der Waals surface area contributed by atoms with Crippen molar-refractivity contribution < 1.29 is 9.59 Å². The van der Waals surface area contributed by atoms with Crippen molar-refractivity contribution >= 4 is 11.8 Å². The molecule has 2 atom stereocenters. The number of carbonyl (C=O) groups excluding carboxylic acids is 2. The number of amides is 2. The lowest BCUT2D eigenvalue weighted by Crippen LogP contribution is -2.40. The van der Waals surface area contributed by atoms with Gasteiger partial charge < -0.3 is 10.2 Å². The van der Waals surface area contributed by atoms with Gasteiger partial charge in [-0.05, 0) is 38.2 Å². The Morgan fingerprint density at radius 3 is 2.67 bits per heavy atom. The van der Waals surface area contributed by atoms with Gasteiger partial charge in [-0.15, -0.1) is 0 Å². The summed E-state index contributed by atoms with van der Waals surface area (Å²) in [4.78, 5) is 26.7. The molecule has 1 N–H and O–H groups in total. The lowest BCUT2D eigenvalue weighted by atomic mass is 10.0. The molecule has 4 heteroatoms. The minimum absolute atomic E-state index is 0.0457. The molecule has 0 spiro atoms. The molecule has 130 valence electrons. The van der Waals surface area contributed by atoms with Gasteiger partial charge in [0.2, 0.25) is 11.8 Å². The third-order valence-corrected chi connectivity index (χ3v) is 5.39. The van der Waals surface area contributed by atoms with Crippen molar-refractivity contribution in [2.75, 3.05) is 6.54 Å². The highest BCUT2D eigenvalue weighted by Gasteiger charge is 2.38. The Morgan fingerprint density at radius 1 is 1.25 bits per heavy atom. The summed E-state index contributed by atoms with van der Waals surface area (Å²) in [5.41, 5.74) is 1.29. The zero-order chi connectivity index (χ0) is 16.9. The molecule has 1 aliphatic heterocycles. The van der Waals surface area contributed by atoms with Crippen LogP contribution in [0.4, 0.5) is 0 Å². The number of benzene rings is 1. The van der Waals surface area contributed by atoms with E-state index in [9.17, 15) is 9.59 Å². The number of nitrogens with one attached hydrogen (secondary N) is 1. The van der Waals surface area contributed by atoms with Crippen LogP contribution in [0.15, 0.2) is 30.3 Å². The van der Waals surface area contributed by atoms with Gasteiger partial charge in [-0.25, -0.2) is 0 Å². The van der Waals surface area contributed by atoms with Crippen LogP contribution in [0, 0.1) is 5.92 Å². The Bertz CT molecular complexity index is 566. The molecule has 0 bridgehead atoms. The number of hydrogen-bond donors (Lipinski definition) is 1. The van der Waals surface area contributed by atoms with Crippen LogP contribution in [-0.4, -0.2) is 35.3 Å². The van der Waals surface area contributed by atoms with Crippen molar-refractivity contribution in [2.45, 2.75) is 64.0 Å². The van der Waals surface area contributed by atoms with Crippen molar-refractivity contribution in [3.05, 3.63) is 35.9 Å². The van der Waals surface area contributed by atoms with Crippen LogP contribution in [0.3, 0.4) is 0 Å². The largest absolute Gasteiger partial charge is 0.353 e. The first-order valence-corrected chi connectivity index (χ1v) is 9.27. The van der Waals surface area contributed by atoms with Crippen molar-refractivity contribution in [3.63, 3.8) is 0 Å². The molecule has 1 saturated carbocycles. The number of hydrogen-bond acceptors (Lipinski definition) is 2. The second kappa shape index (κ2) is 7.82. The molecule has 3 rings (SSSR count). The second-order valence-electron chi connectivity index (χ2n) is 7.32. The predicted octanol–water partition coefficient (Wildman–Crippen LogP) is 2.92. The van der Waals surface area contributed by atoms with E-state index in [0.717, 1.165) is 25.7 Å².